The van der Waals surface area contributed by atoms with Crippen molar-refractivity contribution in [3.63, 3.8) is 0 Å². The monoisotopic (exact) mass is 297 g/mol. The molecule has 0 radical (unpaired) electrons. The van der Waals surface area contributed by atoms with Gasteiger partial charge in [0.05, 0.1) is 12.7 Å². The normalized spacial score (nSPS) is 27.5. The van der Waals surface area contributed by atoms with Gasteiger partial charge in [-0.3, -0.25) is 9.69 Å². The van der Waals surface area contributed by atoms with Crippen molar-refractivity contribution in [2.24, 2.45) is 11.7 Å². The lowest BCUT2D eigenvalue weighted by atomic mass is 9.99. The number of nitrogens with zero attached hydrogens (tertiary/aromatic N) is 2. The number of carbonyl (C=O) groups excluding carboxylic acids is 1. The quantitative estimate of drug-likeness (QED) is 0.797. The van der Waals surface area contributed by atoms with Gasteiger partial charge in [-0.2, -0.15) is 0 Å². The predicted molar refractivity (Wildman–Crippen MR) is 84.0 cm³/mol. The summed E-state index contributed by atoms with van der Waals surface area (Å²) in [5.74, 6) is 0.713. The summed E-state index contributed by atoms with van der Waals surface area (Å²) < 4.78 is 5.58. The van der Waals surface area contributed by atoms with Gasteiger partial charge in [-0.25, -0.2) is 0 Å². The van der Waals surface area contributed by atoms with Gasteiger partial charge in [0.2, 0.25) is 5.91 Å². The molecule has 1 aliphatic carbocycles. The highest BCUT2D eigenvalue weighted by Gasteiger charge is 2.29. The third-order valence-corrected chi connectivity index (χ3v) is 4.74. The van der Waals surface area contributed by atoms with Crippen LogP contribution in [-0.4, -0.2) is 67.2 Å². The van der Waals surface area contributed by atoms with E-state index in [4.69, 9.17) is 10.5 Å². The average molecular weight is 297 g/mol. The molecule has 122 valence electrons. The Balaban J connectivity index is 1.65. The van der Waals surface area contributed by atoms with E-state index >= 15 is 0 Å². The van der Waals surface area contributed by atoms with Crippen LogP contribution in [-0.2, 0) is 9.53 Å². The molecule has 1 saturated heterocycles. The number of ether oxygens (including phenoxy) is 1. The summed E-state index contributed by atoms with van der Waals surface area (Å²) in [6.07, 6.45) is 4.34. The Kier molecular flexibility index (Phi) is 6.45. The van der Waals surface area contributed by atoms with Gasteiger partial charge in [-0.05, 0) is 32.6 Å². The summed E-state index contributed by atoms with van der Waals surface area (Å²) in [7, 11) is 0. The van der Waals surface area contributed by atoms with E-state index in [0.717, 1.165) is 52.2 Å². The van der Waals surface area contributed by atoms with E-state index in [1.807, 2.05) is 4.90 Å². The van der Waals surface area contributed by atoms with Gasteiger partial charge in [-0.1, -0.05) is 6.42 Å². The van der Waals surface area contributed by atoms with Crippen molar-refractivity contribution >= 4 is 5.91 Å². The Morgan fingerprint density at radius 3 is 2.52 bits per heavy atom. The lowest BCUT2D eigenvalue weighted by molar-refractivity contribution is -0.134. The van der Waals surface area contributed by atoms with Crippen LogP contribution in [0.1, 0.15) is 39.5 Å². The fraction of sp³-hybridized carbons (Fsp3) is 0.938. The molecule has 5 nitrogen and oxygen atoms in total. The van der Waals surface area contributed by atoms with Crippen LogP contribution in [0.2, 0.25) is 0 Å². The first-order valence-electron chi connectivity index (χ1n) is 8.43. The fourth-order valence-corrected chi connectivity index (χ4v) is 3.31. The second-order valence-corrected chi connectivity index (χ2v) is 6.70. The van der Waals surface area contributed by atoms with Crippen LogP contribution in [0.4, 0.5) is 0 Å². The first-order valence-corrected chi connectivity index (χ1v) is 8.43. The molecule has 2 aliphatic rings. The number of carbonyl (C=O) groups is 1. The molecule has 0 aromatic rings. The lowest BCUT2D eigenvalue weighted by Gasteiger charge is -2.35. The molecule has 1 heterocycles. The van der Waals surface area contributed by atoms with E-state index in [0.29, 0.717) is 24.3 Å². The second-order valence-electron chi connectivity index (χ2n) is 6.70. The summed E-state index contributed by atoms with van der Waals surface area (Å²) >= 11 is 0. The van der Waals surface area contributed by atoms with E-state index in [1.165, 1.54) is 6.42 Å². The highest BCUT2D eigenvalue weighted by molar-refractivity contribution is 5.76. The minimum Gasteiger partial charge on any atom is -0.377 e. The molecule has 1 amide bonds. The number of hydrogen-bond acceptors (Lipinski definition) is 4. The van der Waals surface area contributed by atoms with Crippen molar-refractivity contribution in [2.45, 2.75) is 51.7 Å². The summed E-state index contributed by atoms with van der Waals surface area (Å²) in [4.78, 5) is 16.7. The number of rotatable bonds is 6. The Hall–Kier alpha value is -0.650. The molecule has 0 bridgehead atoms. The molecular formula is C16H31N3O2. The molecule has 2 rings (SSSR count). The highest BCUT2D eigenvalue weighted by Crippen LogP contribution is 2.27. The van der Waals surface area contributed by atoms with Crippen LogP contribution in [0.5, 0.6) is 0 Å². The van der Waals surface area contributed by atoms with Gasteiger partial charge in [0.15, 0.2) is 0 Å². The fourth-order valence-electron chi connectivity index (χ4n) is 3.31. The summed E-state index contributed by atoms with van der Waals surface area (Å²) in [5.41, 5.74) is 6.07. The van der Waals surface area contributed by atoms with E-state index in [-0.39, 0.29) is 6.04 Å². The van der Waals surface area contributed by atoms with Crippen LogP contribution in [0.3, 0.4) is 0 Å². The van der Waals surface area contributed by atoms with Crippen molar-refractivity contribution < 1.29 is 9.53 Å². The molecule has 0 spiro atoms. The van der Waals surface area contributed by atoms with Gasteiger partial charge in [-0.15, -0.1) is 0 Å². The Morgan fingerprint density at radius 1 is 1.24 bits per heavy atom. The maximum atomic E-state index is 12.3. The maximum Gasteiger partial charge on any atom is 0.222 e. The lowest BCUT2D eigenvalue weighted by Crippen LogP contribution is -2.50. The zero-order chi connectivity index (χ0) is 15.2. The van der Waals surface area contributed by atoms with Crippen LogP contribution in [0.25, 0.3) is 0 Å². The van der Waals surface area contributed by atoms with Crippen molar-refractivity contribution in [1.29, 1.82) is 0 Å². The van der Waals surface area contributed by atoms with Gasteiger partial charge in [0.25, 0.3) is 0 Å². The Bertz CT molecular complexity index is 327. The van der Waals surface area contributed by atoms with Gasteiger partial charge in [0, 0.05) is 45.2 Å². The average Bonchev–Trinajstić information content (AvgIpc) is 2.84. The third-order valence-electron chi connectivity index (χ3n) is 4.74. The maximum absolute atomic E-state index is 12.3. The second kappa shape index (κ2) is 8.11. The molecule has 0 aromatic heterocycles. The number of amides is 1. The van der Waals surface area contributed by atoms with Crippen molar-refractivity contribution in [3.8, 4) is 0 Å². The van der Waals surface area contributed by atoms with Crippen molar-refractivity contribution in [2.75, 3.05) is 39.3 Å². The molecule has 21 heavy (non-hydrogen) atoms. The number of hydrogen-bond donors (Lipinski definition) is 1. The molecule has 0 unspecified atom stereocenters. The standard InChI is InChI=1S/C16H31N3O2/c1-13(2)21-11-10-18-6-8-19(9-7-18)16(20)12-14-4-3-5-15(14)17/h13-15H,3-12,17H2,1-2H3/t14-,15+/m0/s1. The van der Waals surface area contributed by atoms with E-state index in [2.05, 4.69) is 18.7 Å². The first kappa shape index (κ1) is 16.7. The third kappa shape index (κ3) is 5.24. The summed E-state index contributed by atoms with van der Waals surface area (Å²) in [5, 5.41) is 0. The van der Waals surface area contributed by atoms with Crippen molar-refractivity contribution in [3.05, 3.63) is 0 Å². The largest absolute Gasteiger partial charge is 0.377 e. The molecule has 0 aromatic carbocycles. The zero-order valence-corrected chi connectivity index (χ0v) is 13.6. The Labute approximate surface area is 128 Å². The molecule has 2 N–H and O–H groups in total. The Morgan fingerprint density at radius 2 is 1.95 bits per heavy atom. The topological polar surface area (TPSA) is 58.8 Å². The molecule has 2 atom stereocenters. The smallest absolute Gasteiger partial charge is 0.222 e. The predicted octanol–water partition coefficient (Wildman–Crippen LogP) is 1.07. The molecule has 2 fully saturated rings. The van der Waals surface area contributed by atoms with Crippen LogP contribution in [0.15, 0.2) is 0 Å². The number of piperazine rings is 1. The highest BCUT2D eigenvalue weighted by atomic mass is 16.5. The van der Waals surface area contributed by atoms with Crippen LogP contribution in [0, 0.1) is 5.92 Å². The van der Waals surface area contributed by atoms with Gasteiger partial charge < -0.3 is 15.4 Å². The first-order chi connectivity index (χ1) is 10.1. The number of nitrogens with two attached hydrogens (primary N) is 1. The zero-order valence-electron chi connectivity index (χ0n) is 13.6. The minimum atomic E-state index is 0.239. The molecular weight excluding hydrogens is 266 g/mol. The minimum absolute atomic E-state index is 0.239. The molecule has 1 aliphatic heterocycles. The van der Waals surface area contributed by atoms with E-state index in [1.54, 1.807) is 0 Å². The van der Waals surface area contributed by atoms with Gasteiger partial charge >= 0.3 is 0 Å². The van der Waals surface area contributed by atoms with E-state index < -0.39 is 0 Å². The van der Waals surface area contributed by atoms with Crippen molar-refractivity contribution in [1.82, 2.24) is 9.80 Å². The van der Waals surface area contributed by atoms with Gasteiger partial charge in [0.1, 0.15) is 0 Å². The molecule has 5 heteroatoms. The summed E-state index contributed by atoms with van der Waals surface area (Å²) in [6.45, 7) is 9.49. The SMILES string of the molecule is CC(C)OCCN1CCN(C(=O)C[C@@H]2CCC[C@H]2N)CC1. The summed E-state index contributed by atoms with van der Waals surface area (Å²) in [6, 6.07) is 0.239. The van der Waals surface area contributed by atoms with E-state index in [9.17, 15) is 4.79 Å². The van der Waals surface area contributed by atoms with Crippen LogP contribution >= 0.6 is 0 Å². The van der Waals surface area contributed by atoms with Crippen LogP contribution < -0.4 is 5.73 Å². The molecule has 1 saturated carbocycles.